The minimum Gasteiger partial charge on any atom is -0.467 e. The van der Waals surface area contributed by atoms with Crippen molar-refractivity contribution in [3.8, 4) is 0 Å². The number of carbonyl (C=O) groups is 2. The highest BCUT2D eigenvalue weighted by Crippen LogP contribution is 2.22. The number of nitrogens with zero attached hydrogens (tertiary/aromatic N) is 2. The molecular weight excluding hydrogens is 435 g/mol. The first-order chi connectivity index (χ1) is 16.5. The minimum absolute atomic E-state index is 0.0899. The molecule has 0 spiro atoms. The van der Waals surface area contributed by atoms with Gasteiger partial charge in [0.1, 0.15) is 11.6 Å². The highest BCUT2D eigenvalue weighted by atomic mass is 19.1. The largest absolute Gasteiger partial charge is 0.467 e. The lowest BCUT2D eigenvalue weighted by molar-refractivity contribution is -0.142. The molecule has 1 aromatic heterocycles. The van der Waals surface area contributed by atoms with E-state index in [1.807, 2.05) is 37.3 Å². The summed E-state index contributed by atoms with van der Waals surface area (Å²) in [4.78, 5) is 30.1. The number of carbonyl (C=O) groups excluding carboxylic acids is 2. The number of halogens is 1. The molecule has 0 saturated carbocycles. The second-order valence-electron chi connectivity index (χ2n) is 8.08. The maximum absolute atomic E-state index is 13.5. The van der Waals surface area contributed by atoms with Crippen molar-refractivity contribution in [1.29, 1.82) is 0 Å². The van der Waals surface area contributed by atoms with Gasteiger partial charge in [0.15, 0.2) is 0 Å². The Balaban J connectivity index is 1.80. The summed E-state index contributed by atoms with van der Waals surface area (Å²) in [5.41, 5.74) is 1.70. The molecule has 1 atom stereocenters. The molecule has 34 heavy (non-hydrogen) atoms. The summed E-state index contributed by atoms with van der Waals surface area (Å²) < 4.78 is 24.0. The zero-order valence-electron chi connectivity index (χ0n) is 19.7. The van der Waals surface area contributed by atoms with Gasteiger partial charge in [0.2, 0.25) is 11.8 Å². The van der Waals surface area contributed by atoms with Crippen LogP contribution in [0.25, 0.3) is 0 Å². The topological polar surface area (TPSA) is 63.0 Å². The molecule has 1 heterocycles. The van der Waals surface area contributed by atoms with Crippen molar-refractivity contribution in [1.82, 2.24) is 9.80 Å². The van der Waals surface area contributed by atoms with Crippen molar-refractivity contribution in [2.24, 2.45) is 0 Å². The number of methoxy groups -OCH3 is 1. The Bertz CT molecular complexity index is 1020. The maximum atomic E-state index is 13.5. The fourth-order valence-corrected chi connectivity index (χ4v) is 3.82. The van der Waals surface area contributed by atoms with Crippen molar-refractivity contribution >= 4 is 11.8 Å². The molecule has 0 bridgehead atoms. The van der Waals surface area contributed by atoms with Crippen LogP contribution < -0.4 is 0 Å². The van der Waals surface area contributed by atoms with Gasteiger partial charge in [-0.25, -0.2) is 4.39 Å². The highest BCUT2D eigenvalue weighted by Gasteiger charge is 2.28. The van der Waals surface area contributed by atoms with E-state index >= 15 is 0 Å². The van der Waals surface area contributed by atoms with Crippen LogP contribution >= 0.6 is 0 Å². The molecule has 2 aromatic carbocycles. The maximum Gasteiger partial charge on any atom is 0.242 e. The molecule has 0 radical (unpaired) electrons. The predicted molar refractivity (Wildman–Crippen MR) is 127 cm³/mol. The Labute approximate surface area is 199 Å². The number of benzene rings is 2. The summed E-state index contributed by atoms with van der Waals surface area (Å²) in [6, 6.07) is 19.2. The van der Waals surface area contributed by atoms with Crippen molar-refractivity contribution in [2.75, 3.05) is 26.8 Å². The number of amides is 2. The summed E-state index contributed by atoms with van der Waals surface area (Å²) in [7, 11) is 1.57. The van der Waals surface area contributed by atoms with Crippen molar-refractivity contribution in [2.45, 2.75) is 32.4 Å². The Kier molecular flexibility index (Phi) is 9.40. The Morgan fingerprint density at radius 3 is 2.32 bits per heavy atom. The molecule has 0 N–H and O–H groups in total. The molecular formula is C27H31FN2O4. The third-order valence-corrected chi connectivity index (χ3v) is 5.68. The van der Waals surface area contributed by atoms with Crippen molar-refractivity contribution in [3.05, 3.63) is 95.7 Å². The predicted octanol–water partition coefficient (Wildman–Crippen LogP) is 4.62. The normalized spacial score (nSPS) is 11.7. The molecule has 3 rings (SSSR count). The molecule has 1 unspecified atom stereocenters. The SMILES string of the molecule is CCC(C(=O)N(CCOC)CC(=O)N(Cc1ccc(F)cc1)Cc1ccco1)c1ccccc1. The van der Waals surface area contributed by atoms with Crippen LogP contribution in [0.1, 0.15) is 36.1 Å². The summed E-state index contributed by atoms with van der Waals surface area (Å²) in [6.45, 7) is 3.00. The average Bonchev–Trinajstić information content (AvgIpc) is 3.37. The second kappa shape index (κ2) is 12.7. The second-order valence-corrected chi connectivity index (χ2v) is 8.08. The molecule has 0 fully saturated rings. The average molecular weight is 467 g/mol. The van der Waals surface area contributed by atoms with Crippen LogP contribution in [0.3, 0.4) is 0 Å². The molecule has 0 aliphatic carbocycles. The van der Waals surface area contributed by atoms with Gasteiger partial charge in [-0.15, -0.1) is 0 Å². The van der Waals surface area contributed by atoms with E-state index < -0.39 is 0 Å². The number of furan rings is 1. The van der Waals surface area contributed by atoms with Gasteiger partial charge in [0.25, 0.3) is 0 Å². The van der Waals surface area contributed by atoms with E-state index in [2.05, 4.69) is 0 Å². The quantitative estimate of drug-likeness (QED) is 0.391. The lowest BCUT2D eigenvalue weighted by Gasteiger charge is -2.30. The first kappa shape index (κ1) is 25.2. The van der Waals surface area contributed by atoms with E-state index in [0.29, 0.717) is 25.3 Å². The molecule has 6 nitrogen and oxygen atoms in total. The number of ether oxygens (including phenoxy) is 1. The standard InChI is InChI=1S/C27H31FN2O4/c1-3-25(22-8-5-4-6-9-22)27(32)29(15-17-33-2)20-26(31)30(19-24-10-7-16-34-24)18-21-11-13-23(28)14-12-21/h4-14,16,25H,3,15,17-20H2,1-2H3. The van der Waals surface area contributed by atoms with E-state index in [9.17, 15) is 14.0 Å². The van der Waals surface area contributed by atoms with E-state index in [1.54, 1.807) is 47.4 Å². The van der Waals surface area contributed by atoms with E-state index in [1.165, 1.54) is 12.1 Å². The smallest absolute Gasteiger partial charge is 0.242 e. The zero-order chi connectivity index (χ0) is 24.3. The third-order valence-electron chi connectivity index (χ3n) is 5.68. The molecule has 3 aromatic rings. The van der Waals surface area contributed by atoms with Gasteiger partial charge in [-0.2, -0.15) is 0 Å². The number of rotatable bonds is 12. The van der Waals surface area contributed by atoms with E-state index in [0.717, 1.165) is 11.1 Å². The van der Waals surface area contributed by atoms with Crippen LogP contribution in [0.2, 0.25) is 0 Å². The molecule has 0 aliphatic rings. The summed E-state index contributed by atoms with van der Waals surface area (Å²) in [5.74, 6) is -0.398. The fraction of sp³-hybridized carbons (Fsp3) is 0.333. The number of hydrogen-bond donors (Lipinski definition) is 0. The Morgan fingerprint density at radius 1 is 0.971 bits per heavy atom. The molecule has 180 valence electrons. The van der Waals surface area contributed by atoms with Gasteiger partial charge in [-0.05, 0) is 41.8 Å². The lowest BCUT2D eigenvalue weighted by atomic mass is 9.95. The van der Waals surface area contributed by atoms with Gasteiger partial charge in [-0.1, -0.05) is 49.4 Å². The molecule has 0 saturated heterocycles. The number of hydrogen-bond acceptors (Lipinski definition) is 4. The van der Waals surface area contributed by atoms with E-state index in [4.69, 9.17) is 9.15 Å². The molecule has 2 amide bonds. The van der Waals surface area contributed by atoms with Crippen LogP contribution in [0.4, 0.5) is 4.39 Å². The van der Waals surface area contributed by atoms with Crippen molar-refractivity contribution < 1.29 is 23.1 Å². The van der Waals surface area contributed by atoms with Gasteiger partial charge in [0, 0.05) is 20.2 Å². The summed E-state index contributed by atoms with van der Waals surface area (Å²) in [6.07, 6.45) is 2.17. The van der Waals surface area contributed by atoms with Crippen molar-refractivity contribution in [3.63, 3.8) is 0 Å². The molecule has 0 aliphatic heterocycles. The third kappa shape index (κ3) is 7.02. The fourth-order valence-electron chi connectivity index (χ4n) is 3.82. The first-order valence-electron chi connectivity index (χ1n) is 11.4. The Morgan fingerprint density at radius 2 is 1.71 bits per heavy atom. The minimum atomic E-state index is -0.346. The highest BCUT2D eigenvalue weighted by molar-refractivity contribution is 5.88. The van der Waals surface area contributed by atoms with Crippen LogP contribution in [-0.4, -0.2) is 48.4 Å². The Hall–Kier alpha value is -3.45. The van der Waals surface area contributed by atoms with Gasteiger partial charge in [0.05, 0.1) is 31.9 Å². The summed E-state index contributed by atoms with van der Waals surface area (Å²) >= 11 is 0. The van der Waals surface area contributed by atoms with Gasteiger partial charge in [-0.3, -0.25) is 9.59 Å². The van der Waals surface area contributed by atoms with Crippen LogP contribution in [-0.2, 0) is 27.4 Å². The lowest BCUT2D eigenvalue weighted by Crippen LogP contribution is -2.45. The monoisotopic (exact) mass is 466 g/mol. The zero-order valence-corrected chi connectivity index (χ0v) is 19.7. The summed E-state index contributed by atoms with van der Waals surface area (Å²) in [5, 5.41) is 0. The van der Waals surface area contributed by atoms with Crippen LogP contribution in [0.5, 0.6) is 0 Å². The molecule has 7 heteroatoms. The first-order valence-corrected chi connectivity index (χ1v) is 11.4. The van der Waals surface area contributed by atoms with Crippen LogP contribution in [0, 0.1) is 5.82 Å². The van der Waals surface area contributed by atoms with E-state index in [-0.39, 0.29) is 43.2 Å². The van der Waals surface area contributed by atoms with Crippen LogP contribution in [0.15, 0.2) is 77.4 Å². The van der Waals surface area contributed by atoms with Gasteiger partial charge < -0.3 is 19.0 Å². The van der Waals surface area contributed by atoms with Gasteiger partial charge >= 0.3 is 0 Å².